The molecular formula is C25H26N2O7S2. The van der Waals surface area contributed by atoms with Crippen molar-refractivity contribution in [2.24, 2.45) is 0 Å². The second-order valence-electron chi connectivity index (χ2n) is 7.73. The van der Waals surface area contributed by atoms with E-state index in [1.54, 1.807) is 35.6 Å². The lowest BCUT2D eigenvalue weighted by molar-refractivity contribution is 0.102. The molecule has 2 aromatic heterocycles. The number of nitrogens with zero attached hydrogens (tertiary/aromatic N) is 1. The first-order valence-electron chi connectivity index (χ1n) is 10.8. The van der Waals surface area contributed by atoms with Gasteiger partial charge in [0.15, 0.2) is 9.84 Å². The van der Waals surface area contributed by atoms with Crippen molar-refractivity contribution >= 4 is 33.1 Å². The Kier molecular flexibility index (Phi) is 9.23. The maximum atomic E-state index is 12.5. The molecule has 0 atom stereocenters. The molecule has 0 saturated carbocycles. The highest BCUT2D eigenvalue weighted by atomic mass is 32.2. The van der Waals surface area contributed by atoms with Crippen LogP contribution in [0.3, 0.4) is 0 Å². The highest BCUT2D eigenvalue weighted by Crippen LogP contribution is 2.29. The molecule has 0 unspecified atom stereocenters. The van der Waals surface area contributed by atoms with E-state index < -0.39 is 15.7 Å². The monoisotopic (exact) mass is 530 g/mol. The number of ether oxygens (including phenoxy) is 2. The minimum Gasteiger partial charge on any atom is -0.491 e. The van der Waals surface area contributed by atoms with Crippen molar-refractivity contribution in [3.63, 3.8) is 0 Å². The van der Waals surface area contributed by atoms with Gasteiger partial charge in [0.05, 0.1) is 23.8 Å². The van der Waals surface area contributed by atoms with Gasteiger partial charge in [-0.2, -0.15) is 0 Å². The number of hydrogen-bond donors (Lipinski definition) is 2. The summed E-state index contributed by atoms with van der Waals surface area (Å²) in [5, 5.41) is 12.9. The van der Waals surface area contributed by atoms with Gasteiger partial charge in [-0.3, -0.25) is 10.1 Å². The Balaban J connectivity index is 0.000000444. The molecule has 9 nitrogen and oxygen atoms in total. The number of thiophene rings is 1. The maximum absolute atomic E-state index is 12.5. The Morgan fingerprint density at radius 1 is 1.11 bits per heavy atom. The Bertz CT molecular complexity index is 1350. The highest BCUT2D eigenvalue weighted by Gasteiger charge is 2.14. The number of hydrogen-bond acceptors (Lipinski definition) is 9. The Morgan fingerprint density at radius 3 is 2.36 bits per heavy atom. The van der Waals surface area contributed by atoms with E-state index in [-0.39, 0.29) is 29.2 Å². The number of benzene rings is 2. The second kappa shape index (κ2) is 12.3. The number of aliphatic hydroxyl groups excluding tert-OH is 1. The molecule has 0 bridgehead atoms. The van der Waals surface area contributed by atoms with Crippen LogP contribution in [0.15, 0.2) is 81.8 Å². The molecule has 2 aromatic carbocycles. The van der Waals surface area contributed by atoms with Crippen molar-refractivity contribution < 1.29 is 32.2 Å². The van der Waals surface area contributed by atoms with Crippen molar-refractivity contribution in [3.8, 4) is 17.2 Å². The first-order valence-corrected chi connectivity index (χ1v) is 13.5. The number of anilines is 1. The van der Waals surface area contributed by atoms with Gasteiger partial charge in [-0.25, -0.2) is 13.4 Å². The minimum atomic E-state index is -3.30. The number of carbonyl (C=O) groups excluding carboxylic acids is 1. The summed E-state index contributed by atoms with van der Waals surface area (Å²) in [6.07, 6.45) is 3.79. The summed E-state index contributed by atoms with van der Waals surface area (Å²) >= 11 is 1.57. The van der Waals surface area contributed by atoms with Crippen LogP contribution in [0.1, 0.15) is 29.1 Å². The molecule has 0 aliphatic heterocycles. The zero-order valence-corrected chi connectivity index (χ0v) is 21.5. The lowest BCUT2D eigenvalue weighted by Crippen LogP contribution is -2.13. The van der Waals surface area contributed by atoms with Crippen molar-refractivity contribution in [2.45, 2.75) is 31.5 Å². The number of amides is 1. The molecule has 0 aliphatic carbocycles. The van der Waals surface area contributed by atoms with E-state index in [0.717, 1.165) is 11.1 Å². The Labute approximate surface area is 213 Å². The van der Waals surface area contributed by atoms with E-state index in [0.29, 0.717) is 17.2 Å². The zero-order valence-electron chi connectivity index (χ0n) is 19.9. The van der Waals surface area contributed by atoms with Crippen molar-refractivity contribution in [1.82, 2.24) is 4.98 Å². The molecule has 1 amide bonds. The minimum absolute atomic E-state index is 0.0732. The third-order valence-electron chi connectivity index (χ3n) is 4.39. The molecule has 0 fully saturated rings. The lowest BCUT2D eigenvalue weighted by Gasteiger charge is -2.14. The van der Waals surface area contributed by atoms with Crippen LogP contribution in [0.4, 0.5) is 6.01 Å². The van der Waals surface area contributed by atoms with Crippen molar-refractivity contribution in [3.05, 3.63) is 82.9 Å². The first kappa shape index (κ1) is 26.9. The van der Waals surface area contributed by atoms with Crippen LogP contribution in [0.25, 0.3) is 0 Å². The summed E-state index contributed by atoms with van der Waals surface area (Å²) in [5.74, 6) is 0.771. The molecule has 190 valence electrons. The quantitative estimate of drug-likeness (QED) is 0.320. The van der Waals surface area contributed by atoms with Crippen LogP contribution in [0.2, 0.25) is 0 Å². The molecule has 4 aromatic rings. The summed E-state index contributed by atoms with van der Waals surface area (Å²) < 4.78 is 39.7. The van der Waals surface area contributed by atoms with Gasteiger partial charge in [0.25, 0.3) is 5.91 Å². The summed E-state index contributed by atoms with van der Waals surface area (Å²) in [7, 11) is -3.30. The topological polar surface area (TPSA) is 128 Å². The average molecular weight is 531 g/mol. The molecule has 2 heterocycles. The van der Waals surface area contributed by atoms with E-state index >= 15 is 0 Å². The fourth-order valence-corrected chi connectivity index (χ4v) is 4.04. The number of nitrogens with one attached hydrogen (secondary N) is 1. The van der Waals surface area contributed by atoms with Crippen LogP contribution >= 0.6 is 11.3 Å². The number of aromatic nitrogens is 1. The molecule has 4 rings (SSSR count). The van der Waals surface area contributed by atoms with Crippen LogP contribution in [-0.4, -0.2) is 36.8 Å². The molecule has 2 N–H and O–H groups in total. The van der Waals surface area contributed by atoms with Crippen LogP contribution in [0.5, 0.6) is 17.2 Å². The van der Waals surface area contributed by atoms with E-state index in [1.807, 2.05) is 31.4 Å². The lowest BCUT2D eigenvalue weighted by atomic mass is 10.2. The average Bonchev–Trinajstić information content (AvgIpc) is 3.53. The maximum Gasteiger partial charge on any atom is 0.301 e. The molecule has 11 heteroatoms. The number of carbonyl (C=O) groups is 1. The van der Waals surface area contributed by atoms with E-state index in [9.17, 15) is 13.2 Å². The van der Waals surface area contributed by atoms with Crippen LogP contribution < -0.4 is 14.8 Å². The van der Waals surface area contributed by atoms with Gasteiger partial charge in [-0.05, 0) is 61.7 Å². The third-order valence-corrected chi connectivity index (χ3v) is 6.38. The standard InChI is InChI=1S/C20H20N2O6S.C5H6OS/c1-13(2)27-16-10-14(19(23)22-20-21-8-9-26-20)11-17(12-16)28-15-4-6-18(7-5-15)29(3,24)25;6-4-5-2-1-3-7-5/h4-13H,1-3H3,(H,21,22,23);1-3,6H,4H2. The molecule has 36 heavy (non-hydrogen) atoms. The predicted molar refractivity (Wildman–Crippen MR) is 137 cm³/mol. The summed E-state index contributed by atoms with van der Waals surface area (Å²) in [5.41, 5.74) is 0.282. The summed E-state index contributed by atoms with van der Waals surface area (Å²) in [6.45, 7) is 3.91. The van der Waals surface area contributed by atoms with Gasteiger partial charge in [0.2, 0.25) is 0 Å². The summed E-state index contributed by atoms with van der Waals surface area (Å²) in [6, 6.07) is 14.7. The van der Waals surface area contributed by atoms with E-state index in [1.165, 1.54) is 30.7 Å². The zero-order chi connectivity index (χ0) is 26.1. The normalized spacial score (nSPS) is 10.9. The van der Waals surface area contributed by atoms with Gasteiger partial charge in [-0.15, -0.1) is 11.3 Å². The van der Waals surface area contributed by atoms with Crippen molar-refractivity contribution in [1.29, 1.82) is 0 Å². The van der Waals surface area contributed by atoms with Crippen LogP contribution in [-0.2, 0) is 16.4 Å². The number of aliphatic hydroxyl groups is 1. The van der Waals surface area contributed by atoms with Gasteiger partial charge in [-0.1, -0.05) is 6.07 Å². The smallest absolute Gasteiger partial charge is 0.301 e. The number of rotatable bonds is 8. The predicted octanol–water partition coefficient (Wildman–Crippen LogP) is 5.15. The fourth-order valence-electron chi connectivity index (χ4n) is 2.85. The van der Waals surface area contributed by atoms with Gasteiger partial charge < -0.3 is 19.0 Å². The molecule has 0 radical (unpaired) electrons. The Morgan fingerprint density at radius 2 is 1.83 bits per heavy atom. The van der Waals surface area contributed by atoms with E-state index in [2.05, 4.69) is 10.3 Å². The molecular weight excluding hydrogens is 504 g/mol. The van der Waals surface area contributed by atoms with Gasteiger partial charge in [0, 0.05) is 22.8 Å². The SMILES string of the molecule is CC(C)Oc1cc(Oc2ccc(S(C)(=O)=O)cc2)cc(C(=O)Nc2ncco2)c1.OCc1cccs1. The van der Waals surface area contributed by atoms with Gasteiger partial charge in [0.1, 0.15) is 23.5 Å². The molecule has 0 aliphatic rings. The second-order valence-corrected chi connectivity index (χ2v) is 10.8. The van der Waals surface area contributed by atoms with Crippen molar-refractivity contribution in [2.75, 3.05) is 11.6 Å². The highest BCUT2D eigenvalue weighted by molar-refractivity contribution is 7.90. The largest absolute Gasteiger partial charge is 0.491 e. The summed E-state index contributed by atoms with van der Waals surface area (Å²) in [4.78, 5) is 17.6. The molecule has 0 saturated heterocycles. The van der Waals surface area contributed by atoms with Crippen LogP contribution in [0, 0.1) is 0 Å². The number of oxazole rings is 1. The third kappa shape index (κ3) is 8.22. The fraction of sp³-hybridized carbons (Fsp3) is 0.200. The van der Waals surface area contributed by atoms with Gasteiger partial charge >= 0.3 is 6.01 Å². The first-order chi connectivity index (χ1) is 17.1. The van der Waals surface area contributed by atoms with E-state index in [4.69, 9.17) is 19.0 Å². The number of sulfone groups is 1. The molecule has 0 spiro atoms. The Hall–Kier alpha value is -3.67.